The van der Waals surface area contributed by atoms with E-state index in [1.54, 1.807) is 7.05 Å². The van der Waals surface area contributed by atoms with Crippen LogP contribution in [0.3, 0.4) is 0 Å². The molecule has 1 aliphatic carbocycles. The van der Waals surface area contributed by atoms with E-state index >= 15 is 0 Å². The molecule has 1 unspecified atom stereocenters. The number of nitrogens with one attached hydrogen (secondary N) is 1. The number of hydrogen-bond acceptors (Lipinski definition) is 7. The predicted octanol–water partition coefficient (Wildman–Crippen LogP) is 5.05. The fourth-order valence-electron chi connectivity index (χ4n) is 5.19. The second-order valence-electron chi connectivity index (χ2n) is 10.1. The van der Waals surface area contributed by atoms with Crippen LogP contribution in [0.4, 0.5) is 0 Å². The minimum absolute atomic E-state index is 0.217. The molecular weight excluding hydrogens is 440 g/mol. The number of hydrogen-bond donors (Lipinski definition) is 2. The predicted molar refractivity (Wildman–Crippen MR) is 137 cm³/mol. The van der Waals surface area contributed by atoms with Crippen molar-refractivity contribution in [3.63, 3.8) is 0 Å². The topological polar surface area (TPSA) is 93.3 Å². The number of aliphatic hydroxyl groups excluding tert-OH is 1. The summed E-state index contributed by atoms with van der Waals surface area (Å²) in [6.07, 6.45) is 5.49. The van der Waals surface area contributed by atoms with Gasteiger partial charge in [0.05, 0.1) is 17.0 Å². The standard InChI is InChI=1S/C28H38N4O3/c1-17-8-6-9-21(12-17)13-25-18(2)27(26-19(3)32-35-20(26)4)31-28(30-25)22-10-7-11-24(14-22)34-16-23(33)15-29-5/h7,10-11,14,17,21,23,29,33H,6,8-9,12-13,15-16H2,1-5H3/t17-,21+,23?/m1/s1. The van der Waals surface area contributed by atoms with Crippen molar-refractivity contribution in [2.45, 2.75) is 65.9 Å². The molecule has 0 bridgehead atoms. The number of aromatic nitrogens is 3. The molecule has 1 aliphatic rings. The minimum atomic E-state index is -0.574. The SMILES string of the molecule is CNCC(O)COc1cccc(-c2nc(C[C@H]3CCC[C@@H](C)C3)c(C)c(-c3c(C)noc3C)n2)c1. The van der Waals surface area contributed by atoms with Crippen LogP contribution in [0.2, 0.25) is 0 Å². The van der Waals surface area contributed by atoms with Gasteiger partial charge in [-0.3, -0.25) is 0 Å². The van der Waals surface area contributed by atoms with Crippen LogP contribution in [0, 0.1) is 32.6 Å². The Balaban J connectivity index is 1.71. The smallest absolute Gasteiger partial charge is 0.160 e. The normalized spacial score (nSPS) is 19.0. The van der Waals surface area contributed by atoms with E-state index in [-0.39, 0.29) is 6.61 Å². The molecule has 4 rings (SSSR count). The van der Waals surface area contributed by atoms with E-state index in [4.69, 9.17) is 19.2 Å². The molecule has 2 heterocycles. The molecular formula is C28H38N4O3. The quantitative estimate of drug-likeness (QED) is 0.444. The van der Waals surface area contributed by atoms with Crippen LogP contribution in [0.25, 0.3) is 22.6 Å². The summed E-state index contributed by atoms with van der Waals surface area (Å²) >= 11 is 0. The van der Waals surface area contributed by atoms with Gasteiger partial charge in [-0.25, -0.2) is 9.97 Å². The first kappa shape index (κ1) is 25.3. The van der Waals surface area contributed by atoms with Crippen molar-refractivity contribution in [1.82, 2.24) is 20.4 Å². The highest BCUT2D eigenvalue weighted by molar-refractivity contribution is 5.71. The summed E-state index contributed by atoms with van der Waals surface area (Å²) < 4.78 is 11.3. The van der Waals surface area contributed by atoms with Crippen LogP contribution < -0.4 is 10.1 Å². The van der Waals surface area contributed by atoms with Crippen LogP contribution in [0.15, 0.2) is 28.8 Å². The number of likely N-dealkylation sites (N-methyl/N-ethyl adjacent to an activating group) is 1. The summed E-state index contributed by atoms with van der Waals surface area (Å²) in [6.45, 7) is 9.07. The molecule has 188 valence electrons. The van der Waals surface area contributed by atoms with E-state index in [0.29, 0.717) is 24.0 Å². The molecule has 3 aromatic rings. The Labute approximate surface area is 208 Å². The van der Waals surface area contributed by atoms with Gasteiger partial charge in [0.15, 0.2) is 5.82 Å². The van der Waals surface area contributed by atoms with Crippen molar-refractivity contribution in [1.29, 1.82) is 0 Å². The van der Waals surface area contributed by atoms with E-state index in [1.807, 2.05) is 38.1 Å². The Hall–Kier alpha value is -2.77. The monoisotopic (exact) mass is 478 g/mol. The van der Waals surface area contributed by atoms with Crippen LogP contribution in [0.1, 0.15) is 55.3 Å². The van der Waals surface area contributed by atoms with E-state index < -0.39 is 6.10 Å². The lowest BCUT2D eigenvalue weighted by molar-refractivity contribution is 0.108. The van der Waals surface area contributed by atoms with Gasteiger partial charge in [0.1, 0.15) is 24.2 Å². The zero-order valence-electron chi connectivity index (χ0n) is 21.6. The second-order valence-corrected chi connectivity index (χ2v) is 10.1. The van der Waals surface area contributed by atoms with Crippen molar-refractivity contribution < 1.29 is 14.4 Å². The van der Waals surface area contributed by atoms with Crippen LogP contribution in [-0.4, -0.2) is 46.5 Å². The van der Waals surface area contributed by atoms with E-state index in [0.717, 1.165) is 51.9 Å². The van der Waals surface area contributed by atoms with Gasteiger partial charge in [0.25, 0.3) is 0 Å². The number of aliphatic hydroxyl groups is 1. The molecule has 2 aromatic heterocycles. The number of aryl methyl sites for hydroxylation is 2. The number of ether oxygens (including phenoxy) is 1. The van der Waals surface area contributed by atoms with Crippen molar-refractivity contribution in [2.75, 3.05) is 20.2 Å². The third-order valence-corrected chi connectivity index (χ3v) is 7.02. The summed E-state index contributed by atoms with van der Waals surface area (Å²) in [4.78, 5) is 10.1. The molecule has 0 amide bonds. The third kappa shape index (κ3) is 6.08. The maximum absolute atomic E-state index is 10.0. The lowest BCUT2D eigenvalue weighted by atomic mass is 9.79. The lowest BCUT2D eigenvalue weighted by Crippen LogP contribution is -2.29. The zero-order valence-corrected chi connectivity index (χ0v) is 21.6. The molecule has 0 saturated heterocycles. The van der Waals surface area contributed by atoms with Gasteiger partial charge < -0.3 is 19.7 Å². The van der Waals surface area contributed by atoms with Gasteiger partial charge in [0.2, 0.25) is 0 Å². The first-order chi connectivity index (χ1) is 16.9. The molecule has 35 heavy (non-hydrogen) atoms. The highest BCUT2D eigenvalue weighted by Crippen LogP contribution is 2.35. The summed E-state index contributed by atoms with van der Waals surface area (Å²) in [5.41, 5.74) is 5.76. The minimum Gasteiger partial charge on any atom is -0.491 e. The number of benzene rings is 1. The van der Waals surface area contributed by atoms with Crippen LogP contribution in [0.5, 0.6) is 5.75 Å². The Kier molecular flexibility index (Phi) is 8.19. The third-order valence-electron chi connectivity index (χ3n) is 7.02. The molecule has 7 heteroatoms. The summed E-state index contributed by atoms with van der Waals surface area (Å²) in [6, 6.07) is 7.78. The molecule has 2 N–H and O–H groups in total. The summed E-state index contributed by atoms with van der Waals surface area (Å²) in [5.74, 6) is 3.53. The lowest BCUT2D eigenvalue weighted by Gasteiger charge is -2.27. The van der Waals surface area contributed by atoms with E-state index in [1.165, 1.54) is 25.7 Å². The molecule has 3 atom stereocenters. The zero-order chi connectivity index (χ0) is 24.9. The highest BCUT2D eigenvalue weighted by Gasteiger charge is 2.24. The number of rotatable bonds is 9. The first-order valence-corrected chi connectivity index (χ1v) is 12.7. The average molecular weight is 479 g/mol. The first-order valence-electron chi connectivity index (χ1n) is 12.7. The van der Waals surface area contributed by atoms with Crippen molar-refractivity contribution >= 4 is 0 Å². The van der Waals surface area contributed by atoms with E-state index in [9.17, 15) is 5.11 Å². The average Bonchev–Trinajstić information content (AvgIpc) is 3.17. The fourth-order valence-corrected chi connectivity index (χ4v) is 5.19. The van der Waals surface area contributed by atoms with Gasteiger partial charge in [-0.1, -0.05) is 43.5 Å². The van der Waals surface area contributed by atoms with Gasteiger partial charge in [-0.2, -0.15) is 0 Å². The van der Waals surface area contributed by atoms with Gasteiger partial charge in [-0.05, 0) is 70.2 Å². The van der Waals surface area contributed by atoms with Gasteiger partial charge in [-0.15, -0.1) is 0 Å². The van der Waals surface area contributed by atoms with Gasteiger partial charge >= 0.3 is 0 Å². The largest absolute Gasteiger partial charge is 0.491 e. The highest BCUT2D eigenvalue weighted by atomic mass is 16.5. The maximum Gasteiger partial charge on any atom is 0.160 e. The van der Waals surface area contributed by atoms with Crippen molar-refractivity contribution in [3.8, 4) is 28.4 Å². The Bertz CT molecular complexity index is 1120. The van der Waals surface area contributed by atoms with Gasteiger partial charge in [0, 0.05) is 17.8 Å². The number of nitrogens with zero attached hydrogens (tertiary/aromatic N) is 3. The molecule has 1 aromatic carbocycles. The Morgan fingerprint density at radius 3 is 2.74 bits per heavy atom. The fraction of sp³-hybridized carbons (Fsp3) is 0.536. The molecule has 7 nitrogen and oxygen atoms in total. The Morgan fingerprint density at radius 1 is 1.20 bits per heavy atom. The van der Waals surface area contributed by atoms with E-state index in [2.05, 4.69) is 24.3 Å². The maximum atomic E-state index is 10.0. The summed E-state index contributed by atoms with van der Waals surface area (Å²) in [5, 5.41) is 17.1. The van der Waals surface area contributed by atoms with Crippen molar-refractivity contribution in [3.05, 3.63) is 47.0 Å². The molecule has 0 spiro atoms. The molecule has 0 aliphatic heterocycles. The second kappa shape index (κ2) is 11.3. The van der Waals surface area contributed by atoms with Crippen LogP contribution >= 0.6 is 0 Å². The van der Waals surface area contributed by atoms with Crippen LogP contribution in [-0.2, 0) is 6.42 Å². The molecule has 0 radical (unpaired) electrons. The molecule has 1 saturated carbocycles. The molecule has 1 fully saturated rings. The van der Waals surface area contributed by atoms with Crippen molar-refractivity contribution in [2.24, 2.45) is 11.8 Å². The Morgan fingerprint density at radius 2 is 2.03 bits per heavy atom. The summed E-state index contributed by atoms with van der Waals surface area (Å²) in [7, 11) is 1.81.